The minimum absolute atomic E-state index is 0. The lowest BCUT2D eigenvalue weighted by Gasteiger charge is -2.28. The molecule has 3 amide bonds. The molecule has 0 saturated heterocycles. The fourth-order valence-corrected chi connectivity index (χ4v) is 2.08. The Morgan fingerprint density at radius 1 is 1.14 bits per heavy atom. The number of anilines is 2. The molecule has 0 spiro atoms. The fraction of sp³-hybridized carbons (Fsp3) is 0.467. The van der Waals surface area contributed by atoms with Crippen molar-refractivity contribution in [2.75, 3.05) is 24.2 Å². The molecule has 6 nitrogen and oxygen atoms in total. The zero-order chi connectivity index (χ0) is 15.9. The number of nitrogens with two attached hydrogens (primary N) is 1. The van der Waals surface area contributed by atoms with E-state index in [0.717, 1.165) is 0 Å². The zero-order valence-corrected chi connectivity index (χ0v) is 14.0. The molecule has 0 fully saturated rings. The molecule has 1 aromatic carbocycles. The second-order valence-corrected chi connectivity index (χ2v) is 4.93. The summed E-state index contributed by atoms with van der Waals surface area (Å²) in [6, 6.07) is 6.69. The molecular weight excluding hydrogens is 304 g/mol. The van der Waals surface area contributed by atoms with Crippen LogP contribution in [0.3, 0.4) is 0 Å². The van der Waals surface area contributed by atoms with E-state index in [-0.39, 0.29) is 24.3 Å². The van der Waals surface area contributed by atoms with Gasteiger partial charge in [-0.05, 0) is 31.0 Å². The molecule has 0 heterocycles. The van der Waals surface area contributed by atoms with Crippen molar-refractivity contribution in [2.45, 2.75) is 26.7 Å². The van der Waals surface area contributed by atoms with Gasteiger partial charge in [-0.25, -0.2) is 4.79 Å². The molecule has 0 aliphatic heterocycles. The van der Waals surface area contributed by atoms with E-state index in [0.29, 0.717) is 30.8 Å². The molecule has 0 aliphatic rings. The Bertz CT molecular complexity index is 496. The van der Waals surface area contributed by atoms with Gasteiger partial charge in [0.05, 0.1) is 5.41 Å². The maximum atomic E-state index is 12.4. The number of benzene rings is 1. The van der Waals surface area contributed by atoms with Crippen LogP contribution in [0.2, 0.25) is 0 Å². The third-order valence-electron chi connectivity index (χ3n) is 3.83. The monoisotopic (exact) mass is 328 g/mol. The summed E-state index contributed by atoms with van der Waals surface area (Å²) in [6.07, 6.45) is 1.37. The molecule has 22 heavy (non-hydrogen) atoms. The molecule has 124 valence electrons. The topological polar surface area (TPSA) is 96.2 Å². The Kier molecular flexibility index (Phi) is 8.52. The second-order valence-electron chi connectivity index (χ2n) is 4.93. The van der Waals surface area contributed by atoms with E-state index in [2.05, 4.69) is 16.0 Å². The SMILES string of the molecule is CCC(CC)(CN)C(=O)Nc1cccc(NC(=O)NC)c1.Cl. The van der Waals surface area contributed by atoms with Gasteiger partial charge in [0, 0.05) is 25.0 Å². The zero-order valence-electron chi connectivity index (χ0n) is 13.2. The number of hydrogen-bond acceptors (Lipinski definition) is 3. The van der Waals surface area contributed by atoms with Crippen molar-refractivity contribution in [3.05, 3.63) is 24.3 Å². The summed E-state index contributed by atoms with van der Waals surface area (Å²) in [5.41, 5.74) is 6.46. The molecule has 0 bridgehead atoms. The van der Waals surface area contributed by atoms with Gasteiger partial charge >= 0.3 is 6.03 Å². The summed E-state index contributed by atoms with van der Waals surface area (Å²) < 4.78 is 0. The van der Waals surface area contributed by atoms with E-state index in [4.69, 9.17) is 5.73 Å². The first-order valence-corrected chi connectivity index (χ1v) is 7.11. The van der Waals surface area contributed by atoms with Gasteiger partial charge in [-0.1, -0.05) is 19.9 Å². The molecule has 0 aliphatic carbocycles. The third-order valence-corrected chi connectivity index (χ3v) is 3.83. The van der Waals surface area contributed by atoms with Gasteiger partial charge in [-0.2, -0.15) is 0 Å². The average molecular weight is 329 g/mol. The van der Waals surface area contributed by atoms with Crippen LogP contribution in [0, 0.1) is 5.41 Å². The highest BCUT2D eigenvalue weighted by Crippen LogP contribution is 2.27. The Morgan fingerprint density at radius 3 is 2.14 bits per heavy atom. The highest BCUT2D eigenvalue weighted by Gasteiger charge is 2.33. The number of halogens is 1. The smallest absolute Gasteiger partial charge is 0.318 e. The van der Waals surface area contributed by atoms with Crippen molar-refractivity contribution in [3.8, 4) is 0 Å². The first-order chi connectivity index (χ1) is 10.0. The second kappa shape index (κ2) is 9.27. The first-order valence-electron chi connectivity index (χ1n) is 7.11. The van der Waals surface area contributed by atoms with Crippen molar-refractivity contribution in [3.63, 3.8) is 0 Å². The number of carbonyl (C=O) groups excluding carboxylic acids is 2. The van der Waals surface area contributed by atoms with Crippen LogP contribution in [0.4, 0.5) is 16.2 Å². The quantitative estimate of drug-likeness (QED) is 0.646. The van der Waals surface area contributed by atoms with Crippen LogP contribution >= 0.6 is 12.4 Å². The lowest BCUT2D eigenvalue weighted by atomic mass is 9.81. The molecule has 0 aromatic heterocycles. The van der Waals surface area contributed by atoms with Crippen molar-refractivity contribution >= 4 is 35.7 Å². The minimum atomic E-state index is -0.551. The molecule has 0 atom stereocenters. The van der Waals surface area contributed by atoms with Gasteiger partial charge in [0.2, 0.25) is 5.91 Å². The van der Waals surface area contributed by atoms with Gasteiger partial charge in [0.1, 0.15) is 0 Å². The van der Waals surface area contributed by atoms with Crippen LogP contribution in [0.5, 0.6) is 0 Å². The summed E-state index contributed by atoms with van der Waals surface area (Å²) in [5, 5.41) is 8.01. The van der Waals surface area contributed by atoms with Crippen molar-refractivity contribution in [2.24, 2.45) is 11.1 Å². The van der Waals surface area contributed by atoms with Crippen molar-refractivity contribution in [1.82, 2.24) is 5.32 Å². The minimum Gasteiger partial charge on any atom is -0.341 e. The number of amides is 3. The maximum absolute atomic E-state index is 12.4. The molecule has 5 N–H and O–H groups in total. The van der Waals surface area contributed by atoms with Crippen molar-refractivity contribution < 1.29 is 9.59 Å². The van der Waals surface area contributed by atoms with Crippen LogP contribution < -0.4 is 21.7 Å². The molecule has 1 aromatic rings. The number of urea groups is 1. The molecule has 0 unspecified atom stereocenters. The van der Waals surface area contributed by atoms with Crippen molar-refractivity contribution in [1.29, 1.82) is 0 Å². The van der Waals surface area contributed by atoms with Crippen LogP contribution in [0.1, 0.15) is 26.7 Å². The summed E-state index contributed by atoms with van der Waals surface area (Å²) in [7, 11) is 1.54. The first kappa shape index (κ1) is 20.2. The molecule has 0 saturated carbocycles. The lowest BCUT2D eigenvalue weighted by molar-refractivity contribution is -0.125. The van der Waals surface area contributed by atoms with E-state index in [9.17, 15) is 9.59 Å². The van der Waals surface area contributed by atoms with E-state index in [1.54, 1.807) is 31.3 Å². The van der Waals surface area contributed by atoms with Crippen LogP contribution in [0.15, 0.2) is 24.3 Å². The number of hydrogen-bond donors (Lipinski definition) is 4. The molecular formula is C15H25ClN4O2. The number of nitrogens with one attached hydrogen (secondary N) is 3. The Labute approximate surface area is 137 Å². The largest absolute Gasteiger partial charge is 0.341 e. The standard InChI is InChI=1S/C15H24N4O2.ClH/c1-4-15(5-2,10-16)13(20)18-11-7-6-8-12(9-11)19-14(21)17-3;/h6-9H,4-5,10,16H2,1-3H3,(H,18,20)(H2,17,19,21);1H. The predicted octanol–water partition coefficient (Wildman–Crippen LogP) is 2.56. The summed E-state index contributed by atoms with van der Waals surface area (Å²) in [4.78, 5) is 23.7. The Hall–Kier alpha value is -1.79. The molecule has 7 heteroatoms. The highest BCUT2D eigenvalue weighted by atomic mass is 35.5. The van der Waals surface area contributed by atoms with Crippen LogP contribution in [-0.2, 0) is 4.79 Å². The Morgan fingerprint density at radius 2 is 1.68 bits per heavy atom. The van der Waals surface area contributed by atoms with Crippen LogP contribution in [-0.4, -0.2) is 25.5 Å². The van der Waals surface area contributed by atoms with Gasteiger partial charge in [0.25, 0.3) is 0 Å². The normalized spacial score (nSPS) is 10.4. The molecule has 0 radical (unpaired) electrons. The fourth-order valence-electron chi connectivity index (χ4n) is 2.08. The Balaban J connectivity index is 0.00000441. The number of rotatable bonds is 6. The van der Waals surface area contributed by atoms with Gasteiger partial charge in [0.15, 0.2) is 0 Å². The predicted molar refractivity (Wildman–Crippen MR) is 92.5 cm³/mol. The number of carbonyl (C=O) groups is 2. The lowest BCUT2D eigenvalue weighted by Crippen LogP contribution is -2.41. The van der Waals surface area contributed by atoms with Crippen LogP contribution in [0.25, 0.3) is 0 Å². The van der Waals surface area contributed by atoms with E-state index in [1.807, 2.05) is 13.8 Å². The van der Waals surface area contributed by atoms with E-state index < -0.39 is 5.41 Å². The summed E-state index contributed by atoms with van der Waals surface area (Å²) in [6.45, 7) is 4.22. The maximum Gasteiger partial charge on any atom is 0.318 e. The summed E-state index contributed by atoms with van der Waals surface area (Å²) >= 11 is 0. The van der Waals surface area contributed by atoms with Gasteiger partial charge in [-0.15, -0.1) is 12.4 Å². The summed E-state index contributed by atoms with van der Waals surface area (Å²) in [5.74, 6) is -0.0907. The third kappa shape index (κ3) is 4.89. The van der Waals surface area contributed by atoms with E-state index >= 15 is 0 Å². The van der Waals surface area contributed by atoms with E-state index in [1.165, 1.54) is 0 Å². The van der Waals surface area contributed by atoms with Gasteiger partial charge in [-0.3, -0.25) is 4.79 Å². The van der Waals surface area contributed by atoms with Gasteiger partial charge < -0.3 is 21.7 Å². The molecule has 1 rings (SSSR count). The average Bonchev–Trinajstić information content (AvgIpc) is 2.50. The highest BCUT2D eigenvalue weighted by molar-refractivity contribution is 5.96.